The number of carboxylic acid groups (broad SMARTS) is 1. The molecule has 0 saturated carbocycles. The lowest BCUT2D eigenvalue weighted by molar-refractivity contribution is -0.139. The fraction of sp³-hybridized carbons (Fsp3) is 0.846. The van der Waals surface area contributed by atoms with Gasteiger partial charge < -0.3 is 20.1 Å². The Kier molecular flexibility index (Phi) is 6.08. The molecule has 110 valence electrons. The number of carbonyl (C=O) groups excluding carboxylic acids is 1. The summed E-state index contributed by atoms with van der Waals surface area (Å²) in [7, 11) is 0. The van der Waals surface area contributed by atoms with Crippen LogP contribution in [0.1, 0.15) is 33.6 Å². The van der Waals surface area contributed by atoms with Crippen LogP contribution in [0.5, 0.6) is 0 Å². The molecule has 1 fully saturated rings. The lowest BCUT2D eigenvalue weighted by atomic mass is 10.0. The first-order chi connectivity index (χ1) is 8.95. The summed E-state index contributed by atoms with van der Waals surface area (Å²) < 4.78 is 5.25. The van der Waals surface area contributed by atoms with Crippen LogP contribution >= 0.6 is 0 Å². The van der Waals surface area contributed by atoms with E-state index in [1.165, 1.54) is 0 Å². The maximum atomic E-state index is 12.2. The fourth-order valence-corrected chi connectivity index (χ4v) is 2.07. The molecule has 0 spiro atoms. The fourth-order valence-electron chi connectivity index (χ4n) is 2.07. The van der Waals surface area contributed by atoms with Gasteiger partial charge in [-0.25, -0.2) is 4.79 Å². The van der Waals surface area contributed by atoms with Gasteiger partial charge in [-0.05, 0) is 12.8 Å². The molecule has 3 atom stereocenters. The highest BCUT2D eigenvalue weighted by Crippen LogP contribution is 2.13. The van der Waals surface area contributed by atoms with Gasteiger partial charge >= 0.3 is 12.0 Å². The van der Waals surface area contributed by atoms with Gasteiger partial charge in [-0.15, -0.1) is 0 Å². The summed E-state index contributed by atoms with van der Waals surface area (Å²) in [6, 6.07) is -0.497. The number of ether oxygens (including phenoxy) is 1. The molecular weight excluding hydrogens is 248 g/mol. The van der Waals surface area contributed by atoms with Crippen molar-refractivity contribution < 1.29 is 19.4 Å². The van der Waals surface area contributed by atoms with Crippen molar-refractivity contribution >= 4 is 12.0 Å². The molecule has 1 rings (SSSR count). The number of urea groups is 1. The molecule has 0 aromatic rings. The molecule has 1 aliphatic heterocycles. The smallest absolute Gasteiger partial charge is 0.318 e. The molecule has 0 radical (unpaired) electrons. The van der Waals surface area contributed by atoms with Crippen molar-refractivity contribution in [2.75, 3.05) is 19.8 Å². The molecule has 2 N–H and O–H groups in total. The number of aliphatic carboxylic acids is 1. The monoisotopic (exact) mass is 272 g/mol. The zero-order valence-electron chi connectivity index (χ0n) is 11.9. The minimum atomic E-state index is -0.914. The van der Waals surface area contributed by atoms with E-state index in [1.54, 1.807) is 4.90 Å². The third-order valence-corrected chi connectivity index (χ3v) is 3.75. The van der Waals surface area contributed by atoms with Crippen molar-refractivity contribution in [3.8, 4) is 0 Å². The van der Waals surface area contributed by atoms with Crippen LogP contribution < -0.4 is 5.32 Å². The van der Waals surface area contributed by atoms with E-state index in [0.29, 0.717) is 19.1 Å². The standard InChI is InChI=1S/C13H24N2O4/c1-4-9(2)10(3)14-13(18)15-5-6-19-8-11(15)7-12(16)17/h9-11H,4-8H2,1-3H3,(H,14,18)(H,16,17). The van der Waals surface area contributed by atoms with E-state index < -0.39 is 5.97 Å². The number of nitrogens with zero attached hydrogens (tertiary/aromatic N) is 1. The zero-order chi connectivity index (χ0) is 14.4. The average Bonchev–Trinajstić information content (AvgIpc) is 2.37. The Bertz CT molecular complexity index is 322. The lowest BCUT2D eigenvalue weighted by Gasteiger charge is -2.36. The molecule has 0 aliphatic carbocycles. The molecule has 1 aliphatic rings. The van der Waals surface area contributed by atoms with Gasteiger partial charge in [-0.3, -0.25) is 4.79 Å². The predicted molar refractivity (Wildman–Crippen MR) is 71.0 cm³/mol. The Morgan fingerprint density at radius 1 is 1.47 bits per heavy atom. The van der Waals surface area contributed by atoms with E-state index >= 15 is 0 Å². The quantitative estimate of drug-likeness (QED) is 0.791. The van der Waals surface area contributed by atoms with Crippen LogP contribution in [0.2, 0.25) is 0 Å². The van der Waals surface area contributed by atoms with Crippen LogP contribution in [-0.2, 0) is 9.53 Å². The van der Waals surface area contributed by atoms with Crippen molar-refractivity contribution in [1.29, 1.82) is 0 Å². The van der Waals surface area contributed by atoms with Crippen LogP contribution in [0.15, 0.2) is 0 Å². The number of morpholine rings is 1. The van der Waals surface area contributed by atoms with Gasteiger partial charge in [-0.1, -0.05) is 20.3 Å². The first-order valence-electron chi connectivity index (χ1n) is 6.82. The summed E-state index contributed by atoms with van der Waals surface area (Å²) in [5.74, 6) is -0.522. The highest BCUT2D eigenvalue weighted by molar-refractivity contribution is 5.76. The first kappa shape index (κ1) is 15.8. The molecule has 1 heterocycles. The largest absolute Gasteiger partial charge is 0.481 e. The summed E-state index contributed by atoms with van der Waals surface area (Å²) in [4.78, 5) is 24.6. The van der Waals surface area contributed by atoms with Gasteiger partial charge in [0.05, 0.1) is 25.7 Å². The number of carboxylic acids is 1. The van der Waals surface area contributed by atoms with Crippen LogP contribution in [0, 0.1) is 5.92 Å². The molecule has 0 aromatic carbocycles. The molecule has 6 nitrogen and oxygen atoms in total. The Labute approximate surface area is 114 Å². The molecule has 6 heteroatoms. The van der Waals surface area contributed by atoms with Crippen molar-refractivity contribution in [2.45, 2.75) is 45.7 Å². The summed E-state index contributed by atoms with van der Waals surface area (Å²) in [5.41, 5.74) is 0. The molecule has 0 aromatic heterocycles. The number of carbonyl (C=O) groups is 2. The zero-order valence-corrected chi connectivity index (χ0v) is 11.9. The van der Waals surface area contributed by atoms with Gasteiger partial charge in [0, 0.05) is 12.6 Å². The van der Waals surface area contributed by atoms with Gasteiger partial charge in [-0.2, -0.15) is 0 Å². The molecule has 1 saturated heterocycles. The van der Waals surface area contributed by atoms with E-state index in [4.69, 9.17) is 9.84 Å². The average molecular weight is 272 g/mol. The molecule has 0 bridgehead atoms. The van der Waals surface area contributed by atoms with Crippen molar-refractivity contribution in [3.63, 3.8) is 0 Å². The van der Waals surface area contributed by atoms with Crippen LogP contribution in [0.25, 0.3) is 0 Å². The third kappa shape index (κ3) is 4.70. The summed E-state index contributed by atoms with van der Waals surface area (Å²) in [6.07, 6.45) is 0.911. The SMILES string of the molecule is CCC(C)C(C)NC(=O)N1CCOCC1CC(=O)O. The number of hydrogen-bond donors (Lipinski definition) is 2. The summed E-state index contributed by atoms with van der Waals surface area (Å²) >= 11 is 0. The second-order valence-corrected chi connectivity index (χ2v) is 5.14. The van der Waals surface area contributed by atoms with E-state index in [1.807, 2.05) is 6.92 Å². The van der Waals surface area contributed by atoms with Gasteiger partial charge in [0.25, 0.3) is 0 Å². The lowest BCUT2D eigenvalue weighted by Crippen LogP contribution is -2.55. The Morgan fingerprint density at radius 3 is 2.74 bits per heavy atom. The minimum Gasteiger partial charge on any atom is -0.481 e. The summed E-state index contributed by atoms with van der Waals surface area (Å²) in [6.45, 7) is 7.32. The second kappa shape index (κ2) is 7.33. The van der Waals surface area contributed by atoms with E-state index in [9.17, 15) is 9.59 Å². The third-order valence-electron chi connectivity index (χ3n) is 3.75. The van der Waals surface area contributed by atoms with E-state index in [-0.39, 0.29) is 31.1 Å². The van der Waals surface area contributed by atoms with Gasteiger partial charge in [0.15, 0.2) is 0 Å². The number of amides is 2. The number of nitrogens with one attached hydrogen (secondary N) is 1. The summed E-state index contributed by atoms with van der Waals surface area (Å²) in [5, 5.41) is 11.8. The van der Waals surface area contributed by atoms with E-state index in [2.05, 4.69) is 19.2 Å². The molecule has 19 heavy (non-hydrogen) atoms. The van der Waals surface area contributed by atoms with Crippen LogP contribution in [0.3, 0.4) is 0 Å². The van der Waals surface area contributed by atoms with Crippen molar-refractivity contribution in [1.82, 2.24) is 10.2 Å². The highest BCUT2D eigenvalue weighted by Gasteiger charge is 2.30. The normalized spacial score (nSPS) is 22.7. The van der Waals surface area contributed by atoms with Crippen LogP contribution in [-0.4, -0.2) is 53.8 Å². The Morgan fingerprint density at radius 2 is 2.16 bits per heavy atom. The maximum Gasteiger partial charge on any atom is 0.318 e. The Balaban J connectivity index is 2.59. The van der Waals surface area contributed by atoms with Gasteiger partial charge in [0.2, 0.25) is 0 Å². The predicted octanol–water partition coefficient (Wildman–Crippen LogP) is 1.31. The van der Waals surface area contributed by atoms with Crippen molar-refractivity contribution in [3.05, 3.63) is 0 Å². The second-order valence-electron chi connectivity index (χ2n) is 5.14. The highest BCUT2D eigenvalue weighted by atomic mass is 16.5. The topological polar surface area (TPSA) is 78.9 Å². The molecular formula is C13H24N2O4. The van der Waals surface area contributed by atoms with E-state index in [0.717, 1.165) is 6.42 Å². The molecule has 3 unspecified atom stereocenters. The number of rotatable bonds is 5. The van der Waals surface area contributed by atoms with Crippen LogP contribution in [0.4, 0.5) is 4.79 Å². The van der Waals surface area contributed by atoms with Gasteiger partial charge in [0.1, 0.15) is 0 Å². The van der Waals surface area contributed by atoms with Crippen molar-refractivity contribution in [2.24, 2.45) is 5.92 Å². The first-order valence-corrected chi connectivity index (χ1v) is 6.82. The number of hydrogen-bond acceptors (Lipinski definition) is 3. The minimum absolute atomic E-state index is 0.0748. The maximum absolute atomic E-state index is 12.2. The Hall–Kier alpha value is -1.30. The molecule has 2 amide bonds.